The first-order chi connectivity index (χ1) is 20.9. The van der Waals surface area contributed by atoms with Crippen LogP contribution in [0.3, 0.4) is 0 Å². The van der Waals surface area contributed by atoms with E-state index < -0.39 is 35.1 Å². The lowest BCUT2D eigenvalue weighted by atomic mass is 9.71. The molecular formula is C33H40ClF2N3O5. The van der Waals surface area contributed by atoms with Gasteiger partial charge in [0, 0.05) is 57.1 Å². The summed E-state index contributed by atoms with van der Waals surface area (Å²) in [6.45, 7) is 7.76. The van der Waals surface area contributed by atoms with E-state index in [-0.39, 0.29) is 47.1 Å². The number of carbonyl (C=O) groups is 3. The standard InChI is InChI=1S/C33H40ClF2N3O5/c1-4-39(31(42)44-25-8-6-24(35)7-9-25)33(20-37-19-26(33)22-5-10-27(34)28(36)17-22)29(40)21-11-14-38(15-12-21)30(41)23-13-16-43-32(2,3)18-23/h5-10,17,21,23,26,37H,4,11-16,18-20H2,1-3H3/t23?,26-,33+/m0/s1. The maximum absolute atomic E-state index is 14.7. The molecule has 3 saturated heterocycles. The van der Waals surface area contributed by atoms with Crippen molar-refractivity contribution in [2.24, 2.45) is 11.8 Å². The number of hydrogen-bond donors (Lipinski definition) is 1. The van der Waals surface area contributed by atoms with Crippen LogP contribution in [0.4, 0.5) is 13.6 Å². The van der Waals surface area contributed by atoms with Crippen LogP contribution in [-0.2, 0) is 14.3 Å². The number of likely N-dealkylation sites (N-methyl/N-ethyl adjacent to an activating group) is 1. The van der Waals surface area contributed by atoms with Gasteiger partial charge in [0.1, 0.15) is 22.9 Å². The number of piperidine rings is 1. The molecule has 3 fully saturated rings. The maximum atomic E-state index is 14.7. The highest BCUT2D eigenvalue weighted by molar-refractivity contribution is 6.30. The Hall–Kier alpha value is -3.08. The van der Waals surface area contributed by atoms with E-state index in [0.29, 0.717) is 57.5 Å². The van der Waals surface area contributed by atoms with E-state index in [0.717, 1.165) is 0 Å². The zero-order valence-corrected chi connectivity index (χ0v) is 26.2. The topological polar surface area (TPSA) is 88.2 Å². The van der Waals surface area contributed by atoms with E-state index in [1.807, 2.05) is 18.7 Å². The van der Waals surface area contributed by atoms with Gasteiger partial charge in [0.25, 0.3) is 0 Å². The number of nitrogens with one attached hydrogen (secondary N) is 1. The van der Waals surface area contributed by atoms with Gasteiger partial charge in [-0.1, -0.05) is 17.7 Å². The molecule has 2 amide bonds. The van der Waals surface area contributed by atoms with Gasteiger partial charge in [0.05, 0.1) is 10.6 Å². The number of rotatable bonds is 7. The van der Waals surface area contributed by atoms with E-state index in [1.165, 1.54) is 41.3 Å². The second-order valence-electron chi connectivity index (χ2n) is 12.6. The average Bonchev–Trinajstić information content (AvgIpc) is 3.44. The highest BCUT2D eigenvalue weighted by atomic mass is 35.5. The highest BCUT2D eigenvalue weighted by Crippen LogP contribution is 2.42. The van der Waals surface area contributed by atoms with Gasteiger partial charge in [-0.3, -0.25) is 14.5 Å². The lowest BCUT2D eigenvalue weighted by Crippen LogP contribution is -2.64. The molecule has 1 unspecified atom stereocenters. The van der Waals surface area contributed by atoms with Crippen LogP contribution in [-0.4, -0.2) is 78.1 Å². The van der Waals surface area contributed by atoms with Crippen LogP contribution < -0.4 is 10.1 Å². The van der Waals surface area contributed by atoms with Crippen LogP contribution in [0.25, 0.3) is 0 Å². The molecule has 0 bridgehead atoms. The van der Waals surface area contributed by atoms with Gasteiger partial charge in [0.2, 0.25) is 5.91 Å². The maximum Gasteiger partial charge on any atom is 0.416 e. The molecule has 0 radical (unpaired) electrons. The first-order valence-corrected chi connectivity index (χ1v) is 15.7. The van der Waals surface area contributed by atoms with E-state index in [1.54, 1.807) is 13.0 Å². The summed E-state index contributed by atoms with van der Waals surface area (Å²) in [5.74, 6) is -2.14. The molecule has 3 aliphatic rings. The number of ketones is 1. The van der Waals surface area contributed by atoms with Crippen molar-refractivity contribution in [2.75, 3.05) is 39.3 Å². The molecule has 0 saturated carbocycles. The zero-order chi connectivity index (χ0) is 31.6. The Morgan fingerprint density at radius 2 is 1.77 bits per heavy atom. The molecule has 238 valence electrons. The predicted octanol–water partition coefficient (Wildman–Crippen LogP) is 5.58. The molecule has 11 heteroatoms. The van der Waals surface area contributed by atoms with Gasteiger partial charge < -0.3 is 19.7 Å². The number of Topliss-reactive ketones (excluding diaryl/α,β-unsaturated/α-hetero) is 1. The fourth-order valence-corrected chi connectivity index (χ4v) is 7.26. The molecule has 3 aliphatic heterocycles. The Morgan fingerprint density at radius 3 is 2.41 bits per heavy atom. The second-order valence-corrected chi connectivity index (χ2v) is 13.0. The molecule has 8 nitrogen and oxygen atoms in total. The van der Waals surface area contributed by atoms with Crippen LogP contribution in [0.1, 0.15) is 57.9 Å². The zero-order valence-electron chi connectivity index (χ0n) is 25.4. The van der Waals surface area contributed by atoms with Gasteiger partial charge in [-0.05, 0) is 88.4 Å². The normalized spacial score (nSPS) is 25.5. The third kappa shape index (κ3) is 6.48. The third-order valence-electron chi connectivity index (χ3n) is 9.35. The van der Waals surface area contributed by atoms with Crippen molar-refractivity contribution in [3.63, 3.8) is 0 Å². The lowest BCUT2D eigenvalue weighted by Gasteiger charge is -2.45. The number of nitrogens with zero attached hydrogens (tertiary/aromatic N) is 2. The number of likely N-dealkylation sites (tertiary alicyclic amines) is 1. The minimum absolute atomic E-state index is 0.0374. The average molecular weight is 632 g/mol. The summed E-state index contributed by atoms with van der Waals surface area (Å²) in [6.07, 6.45) is 1.47. The molecule has 44 heavy (non-hydrogen) atoms. The summed E-state index contributed by atoms with van der Waals surface area (Å²) in [5.41, 5.74) is -1.21. The minimum Gasteiger partial charge on any atom is -0.410 e. The fraction of sp³-hybridized carbons (Fsp3) is 0.545. The first-order valence-electron chi connectivity index (χ1n) is 15.3. The Balaban J connectivity index is 1.41. The van der Waals surface area contributed by atoms with E-state index in [9.17, 15) is 23.2 Å². The predicted molar refractivity (Wildman–Crippen MR) is 162 cm³/mol. The van der Waals surface area contributed by atoms with Crippen molar-refractivity contribution >= 4 is 29.4 Å². The first kappa shape index (κ1) is 32.3. The van der Waals surface area contributed by atoms with Gasteiger partial charge in [-0.15, -0.1) is 0 Å². The summed E-state index contributed by atoms with van der Waals surface area (Å²) < 4.78 is 39.6. The Bertz CT molecular complexity index is 1380. The molecule has 3 atom stereocenters. The quantitative estimate of drug-likeness (QED) is 0.430. The number of carbonyl (C=O) groups excluding carboxylic acids is 3. The Labute approximate surface area is 262 Å². The monoisotopic (exact) mass is 631 g/mol. The molecular weight excluding hydrogens is 592 g/mol. The molecule has 0 spiro atoms. The summed E-state index contributed by atoms with van der Waals surface area (Å²) >= 11 is 5.99. The Morgan fingerprint density at radius 1 is 1.07 bits per heavy atom. The van der Waals surface area contributed by atoms with Crippen LogP contribution in [0.2, 0.25) is 5.02 Å². The molecule has 2 aromatic rings. The summed E-state index contributed by atoms with van der Waals surface area (Å²) in [6, 6.07) is 9.52. The number of hydrogen-bond acceptors (Lipinski definition) is 6. The second kappa shape index (κ2) is 13.1. The number of ether oxygens (including phenoxy) is 2. The van der Waals surface area contributed by atoms with Crippen LogP contribution in [0.5, 0.6) is 5.75 Å². The number of benzene rings is 2. The van der Waals surface area contributed by atoms with Crippen molar-refractivity contribution in [2.45, 2.75) is 63.5 Å². The van der Waals surface area contributed by atoms with Gasteiger partial charge in [-0.2, -0.15) is 0 Å². The molecule has 0 aliphatic carbocycles. The molecule has 5 rings (SSSR count). The van der Waals surface area contributed by atoms with E-state index in [2.05, 4.69) is 5.32 Å². The fourth-order valence-electron chi connectivity index (χ4n) is 7.15. The van der Waals surface area contributed by atoms with Crippen LogP contribution >= 0.6 is 11.6 Å². The van der Waals surface area contributed by atoms with Gasteiger partial charge in [-0.25, -0.2) is 13.6 Å². The minimum atomic E-state index is -1.40. The Kier molecular flexibility index (Phi) is 9.63. The molecule has 2 aromatic carbocycles. The molecule has 0 aromatic heterocycles. The summed E-state index contributed by atoms with van der Waals surface area (Å²) in [7, 11) is 0. The summed E-state index contributed by atoms with van der Waals surface area (Å²) in [4.78, 5) is 45.2. The molecule has 3 heterocycles. The van der Waals surface area contributed by atoms with Crippen LogP contribution in [0.15, 0.2) is 42.5 Å². The van der Waals surface area contributed by atoms with Crippen molar-refractivity contribution in [1.82, 2.24) is 15.1 Å². The smallest absolute Gasteiger partial charge is 0.410 e. The van der Waals surface area contributed by atoms with Crippen molar-refractivity contribution in [1.29, 1.82) is 0 Å². The summed E-state index contributed by atoms with van der Waals surface area (Å²) in [5, 5.41) is 3.25. The SMILES string of the molecule is CCN(C(=O)Oc1ccc(F)cc1)[C@]1(C(=O)C2CCN(C(=O)C3CCOC(C)(C)C3)CC2)CNC[C@H]1c1ccc(Cl)c(F)c1. The van der Waals surface area contributed by atoms with E-state index in [4.69, 9.17) is 21.1 Å². The van der Waals surface area contributed by atoms with Gasteiger partial charge in [0.15, 0.2) is 5.78 Å². The number of amides is 2. The molecule has 1 N–H and O–H groups in total. The largest absolute Gasteiger partial charge is 0.416 e. The van der Waals surface area contributed by atoms with Crippen molar-refractivity contribution < 1.29 is 32.6 Å². The van der Waals surface area contributed by atoms with Crippen molar-refractivity contribution in [3.05, 3.63) is 64.7 Å². The number of halogens is 3. The highest BCUT2D eigenvalue weighted by Gasteiger charge is 2.57. The lowest BCUT2D eigenvalue weighted by molar-refractivity contribution is -0.148. The van der Waals surface area contributed by atoms with Gasteiger partial charge >= 0.3 is 6.09 Å². The van der Waals surface area contributed by atoms with Crippen LogP contribution in [0, 0.1) is 23.5 Å². The van der Waals surface area contributed by atoms with Crippen molar-refractivity contribution in [3.8, 4) is 5.75 Å². The third-order valence-corrected chi connectivity index (χ3v) is 9.66. The van der Waals surface area contributed by atoms with E-state index >= 15 is 0 Å².